The van der Waals surface area contributed by atoms with Gasteiger partial charge in [-0.1, -0.05) is 42.0 Å². The zero-order chi connectivity index (χ0) is 20.7. The van der Waals surface area contributed by atoms with Gasteiger partial charge in [0.25, 0.3) is 0 Å². The molecule has 2 aromatic carbocycles. The normalized spacial score (nSPS) is 10.9. The van der Waals surface area contributed by atoms with Crippen LogP contribution in [0.5, 0.6) is 0 Å². The van der Waals surface area contributed by atoms with Gasteiger partial charge in [-0.2, -0.15) is 0 Å². The van der Waals surface area contributed by atoms with Crippen molar-refractivity contribution in [2.24, 2.45) is 0 Å². The summed E-state index contributed by atoms with van der Waals surface area (Å²) in [7, 11) is -3.64. The maximum absolute atomic E-state index is 12.6. The molecule has 0 radical (unpaired) electrons. The minimum absolute atomic E-state index is 0.157. The first-order chi connectivity index (χ1) is 13.9. The number of rotatable bonds is 7. The zero-order valence-electron chi connectivity index (χ0n) is 15.9. The van der Waals surface area contributed by atoms with Crippen LogP contribution in [-0.4, -0.2) is 19.4 Å². The van der Waals surface area contributed by atoms with E-state index in [4.69, 9.17) is 0 Å². The number of pyridine rings is 1. The van der Waals surface area contributed by atoms with Crippen LogP contribution in [-0.2, 0) is 22.3 Å². The highest BCUT2D eigenvalue weighted by Gasteiger charge is 2.15. The highest BCUT2D eigenvalue weighted by atomic mass is 32.2. The minimum atomic E-state index is -3.64. The number of aromatic nitrogens is 1. The van der Waals surface area contributed by atoms with Crippen LogP contribution in [0.3, 0.4) is 0 Å². The molecule has 0 aliphatic rings. The minimum Gasteiger partial charge on any atom is -0.334 e. The topological polar surface area (TPSA) is 100 Å². The van der Waals surface area contributed by atoms with E-state index in [1.165, 1.54) is 0 Å². The molecule has 7 nitrogen and oxygen atoms in total. The van der Waals surface area contributed by atoms with Gasteiger partial charge in [0.15, 0.2) is 0 Å². The van der Waals surface area contributed by atoms with Gasteiger partial charge in [-0.15, -0.1) is 0 Å². The van der Waals surface area contributed by atoms with Crippen molar-refractivity contribution in [1.29, 1.82) is 0 Å². The third-order valence-corrected chi connectivity index (χ3v) is 5.36. The molecule has 3 rings (SSSR count). The van der Waals surface area contributed by atoms with Crippen LogP contribution in [0, 0.1) is 6.92 Å². The first-order valence-corrected chi connectivity index (χ1v) is 10.7. The summed E-state index contributed by atoms with van der Waals surface area (Å²) in [4.78, 5) is 16.1. The molecule has 8 heteroatoms. The van der Waals surface area contributed by atoms with Gasteiger partial charge >= 0.3 is 6.03 Å². The predicted molar refractivity (Wildman–Crippen MR) is 114 cm³/mol. The molecule has 1 heterocycles. The van der Waals surface area contributed by atoms with E-state index in [1.54, 1.807) is 60.9 Å². The molecule has 0 unspecified atom stereocenters. The second kappa shape index (κ2) is 9.20. The number of hydrogen-bond acceptors (Lipinski definition) is 4. The van der Waals surface area contributed by atoms with Crippen molar-refractivity contribution in [2.75, 3.05) is 10.0 Å². The highest BCUT2D eigenvalue weighted by Crippen LogP contribution is 2.23. The number of urea groups is 1. The lowest BCUT2D eigenvalue weighted by Gasteiger charge is -2.14. The standard InChI is InChI=1S/C21H22N4O3S/c1-16-6-8-18(9-7-16)15-29(27,28)25-20-5-3-2-4-19(20)24-21(26)23-14-17-10-12-22-13-11-17/h2-13,25H,14-15H2,1H3,(H2,23,24,26). The van der Waals surface area contributed by atoms with Gasteiger partial charge in [-0.05, 0) is 42.3 Å². The number of hydrogen-bond donors (Lipinski definition) is 3. The summed E-state index contributed by atoms with van der Waals surface area (Å²) in [6.45, 7) is 2.27. The molecule has 3 N–H and O–H groups in total. The van der Waals surface area contributed by atoms with Crippen molar-refractivity contribution in [3.8, 4) is 0 Å². The molecule has 29 heavy (non-hydrogen) atoms. The molecule has 2 amide bonds. The largest absolute Gasteiger partial charge is 0.334 e. The van der Waals surface area contributed by atoms with Gasteiger partial charge in [0.05, 0.1) is 17.1 Å². The average molecular weight is 410 g/mol. The highest BCUT2D eigenvalue weighted by molar-refractivity contribution is 7.91. The van der Waals surface area contributed by atoms with Crippen molar-refractivity contribution in [1.82, 2.24) is 10.3 Å². The summed E-state index contributed by atoms with van der Waals surface area (Å²) >= 11 is 0. The van der Waals surface area contributed by atoms with Crippen LogP contribution >= 0.6 is 0 Å². The zero-order valence-corrected chi connectivity index (χ0v) is 16.7. The number of para-hydroxylation sites is 2. The van der Waals surface area contributed by atoms with E-state index in [9.17, 15) is 13.2 Å². The van der Waals surface area contributed by atoms with Gasteiger partial charge < -0.3 is 10.6 Å². The van der Waals surface area contributed by atoms with Crippen molar-refractivity contribution < 1.29 is 13.2 Å². The fourth-order valence-corrected chi connectivity index (χ4v) is 3.85. The Morgan fingerprint density at radius 3 is 2.24 bits per heavy atom. The average Bonchev–Trinajstić information content (AvgIpc) is 2.70. The molecule has 0 saturated heterocycles. The molecule has 1 aromatic heterocycles. The quantitative estimate of drug-likeness (QED) is 0.553. The first kappa shape index (κ1) is 20.3. The molecule has 0 saturated carbocycles. The smallest absolute Gasteiger partial charge is 0.319 e. The lowest BCUT2D eigenvalue weighted by molar-refractivity contribution is 0.251. The lowest BCUT2D eigenvalue weighted by atomic mass is 10.2. The molecule has 0 aliphatic heterocycles. The number of carbonyl (C=O) groups is 1. The Bertz CT molecular complexity index is 1070. The van der Waals surface area contributed by atoms with Gasteiger partial charge in [0.1, 0.15) is 0 Å². The summed E-state index contributed by atoms with van der Waals surface area (Å²) in [6.07, 6.45) is 3.29. The Morgan fingerprint density at radius 2 is 1.55 bits per heavy atom. The number of sulfonamides is 1. The Morgan fingerprint density at radius 1 is 0.897 bits per heavy atom. The number of carbonyl (C=O) groups excluding carboxylic acids is 1. The first-order valence-electron chi connectivity index (χ1n) is 9.00. The summed E-state index contributed by atoms with van der Waals surface area (Å²) in [6, 6.07) is 17.1. The molecule has 3 aromatic rings. The van der Waals surface area contributed by atoms with E-state index in [0.717, 1.165) is 11.1 Å². The summed E-state index contributed by atoms with van der Waals surface area (Å²) in [5.41, 5.74) is 3.32. The fraction of sp³-hybridized carbons (Fsp3) is 0.143. The lowest BCUT2D eigenvalue weighted by Crippen LogP contribution is -2.28. The Labute approximate surface area is 170 Å². The molecular weight excluding hydrogens is 388 g/mol. The number of nitrogens with zero attached hydrogens (tertiary/aromatic N) is 1. The fourth-order valence-electron chi connectivity index (χ4n) is 2.64. The van der Waals surface area contributed by atoms with Crippen LogP contribution in [0.25, 0.3) is 0 Å². The predicted octanol–water partition coefficient (Wildman–Crippen LogP) is 3.65. The van der Waals surface area contributed by atoms with E-state index in [-0.39, 0.29) is 5.75 Å². The number of amides is 2. The number of nitrogens with one attached hydrogen (secondary N) is 3. The molecule has 0 bridgehead atoms. The molecular formula is C21H22N4O3S. The van der Waals surface area contributed by atoms with Crippen molar-refractivity contribution in [3.63, 3.8) is 0 Å². The summed E-state index contributed by atoms with van der Waals surface area (Å²) < 4.78 is 27.7. The van der Waals surface area contributed by atoms with Crippen molar-refractivity contribution >= 4 is 27.4 Å². The maximum Gasteiger partial charge on any atom is 0.319 e. The molecule has 0 fully saturated rings. The monoisotopic (exact) mass is 410 g/mol. The van der Waals surface area contributed by atoms with Crippen LogP contribution in [0.2, 0.25) is 0 Å². The second-order valence-corrected chi connectivity index (χ2v) is 8.28. The Balaban J connectivity index is 1.64. The number of anilines is 2. The number of aryl methyl sites for hydroxylation is 1. The van der Waals surface area contributed by atoms with Gasteiger partial charge in [-0.25, -0.2) is 13.2 Å². The van der Waals surface area contributed by atoms with E-state index in [2.05, 4.69) is 20.3 Å². The third kappa shape index (κ3) is 6.32. The van der Waals surface area contributed by atoms with E-state index >= 15 is 0 Å². The molecule has 0 aliphatic carbocycles. The molecule has 0 atom stereocenters. The Kier molecular flexibility index (Phi) is 6.46. The molecule has 150 valence electrons. The van der Waals surface area contributed by atoms with E-state index in [1.807, 2.05) is 19.1 Å². The van der Waals surface area contributed by atoms with Gasteiger partial charge in [-0.3, -0.25) is 9.71 Å². The SMILES string of the molecule is Cc1ccc(CS(=O)(=O)Nc2ccccc2NC(=O)NCc2ccncc2)cc1. The third-order valence-electron chi connectivity index (χ3n) is 4.12. The van der Waals surface area contributed by atoms with Gasteiger partial charge in [0, 0.05) is 18.9 Å². The van der Waals surface area contributed by atoms with Crippen molar-refractivity contribution in [3.05, 3.63) is 89.7 Å². The van der Waals surface area contributed by atoms with E-state index < -0.39 is 16.1 Å². The van der Waals surface area contributed by atoms with Crippen LogP contribution < -0.4 is 15.4 Å². The van der Waals surface area contributed by atoms with E-state index in [0.29, 0.717) is 23.5 Å². The van der Waals surface area contributed by atoms with Crippen LogP contribution in [0.4, 0.5) is 16.2 Å². The summed E-state index contributed by atoms with van der Waals surface area (Å²) in [5.74, 6) is -0.157. The van der Waals surface area contributed by atoms with Crippen LogP contribution in [0.15, 0.2) is 73.1 Å². The number of benzene rings is 2. The van der Waals surface area contributed by atoms with Gasteiger partial charge in [0.2, 0.25) is 10.0 Å². The van der Waals surface area contributed by atoms with Crippen molar-refractivity contribution in [2.45, 2.75) is 19.2 Å². The Hall–Kier alpha value is -3.39. The second-order valence-electron chi connectivity index (χ2n) is 6.56. The maximum atomic E-state index is 12.6. The summed E-state index contributed by atoms with van der Waals surface area (Å²) in [5, 5.41) is 5.41. The van der Waals surface area contributed by atoms with Crippen LogP contribution in [0.1, 0.15) is 16.7 Å². The molecule has 0 spiro atoms.